The van der Waals surface area contributed by atoms with E-state index in [1.807, 2.05) is 0 Å². The van der Waals surface area contributed by atoms with E-state index in [9.17, 15) is 4.79 Å². The molecule has 0 aromatic carbocycles. The van der Waals surface area contributed by atoms with E-state index in [1.54, 1.807) is 0 Å². The summed E-state index contributed by atoms with van der Waals surface area (Å²) in [5.74, 6) is 1.15. The first kappa shape index (κ1) is 11.5. The summed E-state index contributed by atoms with van der Waals surface area (Å²) in [6, 6.07) is 0. The number of rotatable bonds is 4. The Morgan fingerprint density at radius 3 is 2.59 bits per heavy atom. The molecule has 0 aromatic heterocycles. The number of nitrogens with one attached hydrogen (secondary N) is 2. The summed E-state index contributed by atoms with van der Waals surface area (Å²) in [4.78, 5) is 12.3. The molecule has 1 heterocycles. The first-order valence-corrected chi connectivity index (χ1v) is 7.18. The lowest BCUT2D eigenvalue weighted by atomic mass is 9.89. The van der Waals surface area contributed by atoms with Crippen LogP contribution in [0.4, 0.5) is 0 Å². The van der Waals surface area contributed by atoms with E-state index < -0.39 is 0 Å². The lowest BCUT2D eigenvalue weighted by molar-refractivity contribution is -0.128. The minimum atomic E-state index is -0.308. The van der Waals surface area contributed by atoms with E-state index >= 15 is 0 Å². The van der Waals surface area contributed by atoms with E-state index in [0.29, 0.717) is 5.41 Å². The van der Waals surface area contributed by atoms with Crippen LogP contribution in [-0.4, -0.2) is 24.5 Å². The Kier molecular flexibility index (Phi) is 2.69. The number of carbonyl (C=O) groups is 1. The fraction of sp³-hybridized carbons (Fsp3) is 0.929. The van der Waals surface area contributed by atoms with Gasteiger partial charge in [0.05, 0.1) is 5.54 Å². The molecule has 1 amide bonds. The average molecular weight is 236 g/mol. The van der Waals surface area contributed by atoms with Crippen molar-refractivity contribution in [3.05, 3.63) is 0 Å². The largest absolute Gasteiger partial charge is 0.354 e. The van der Waals surface area contributed by atoms with Gasteiger partial charge in [-0.25, -0.2) is 0 Å². The number of hydrogen-bond donors (Lipinski definition) is 2. The first-order valence-electron chi connectivity index (χ1n) is 7.18. The van der Waals surface area contributed by atoms with Crippen LogP contribution in [-0.2, 0) is 4.79 Å². The topological polar surface area (TPSA) is 41.1 Å². The van der Waals surface area contributed by atoms with Crippen molar-refractivity contribution in [3.63, 3.8) is 0 Å². The van der Waals surface area contributed by atoms with Gasteiger partial charge < -0.3 is 10.6 Å². The first-order chi connectivity index (χ1) is 8.15. The second-order valence-electron chi connectivity index (χ2n) is 6.54. The summed E-state index contributed by atoms with van der Waals surface area (Å²) in [7, 11) is 0. The lowest BCUT2D eigenvalue weighted by Gasteiger charge is -2.34. The van der Waals surface area contributed by atoms with Crippen LogP contribution in [0.5, 0.6) is 0 Å². The molecule has 1 aliphatic heterocycles. The molecule has 17 heavy (non-hydrogen) atoms. The molecule has 3 nitrogen and oxygen atoms in total. The SMILES string of the molecule is CC1(C(=O)NCC2(C3CC3)CC2)CCCCN1. The molecule has 1 saturated heterocycles. The van der Waals surface area contributed by atoms with Crippen LogP contribution in [0, 0.1) is 11.3 Å². The van der Waals surface area contributed by atoms with Crippen molar-refractivity contribution in [2.45, 2.75) is 57.4 Å². The Morgan fingerprint density at radius 1 is 1.29 bits per heavy atom. The molecule has 0 spiro atoms. The number of amides is 1. The van der Waals surface area contributed by atoms with Crippen molar-refractivity contribution >= 4 is 5.91 Å². The number of carbonyl (C=O) groups excluding carboxylic acids is 1. The van der Waals surface area contributed by atoms with Crippen molar-refractivity contribution in [1.29, 1.82) is 0 Å². The molecule has 0 radical (unpaired) electrons. The quantitative estimate of drug-likeness (QED) is 0.782. The van der Waals surface area contributed by atoms with Gasteiger partial charge in [0.25, 0.3) is 0 Å². The smallest absolute Gasteiger partial charge is 0.240 e. The second-order valence-corrected chi connectivity index (χ2v) is 6.54. The highest BCUT2D eigenvalue weighted by molar-refractivity contribution is 5.86. The molecule has 3 rings (SSSR count). The Bertz CT molecular complexity index is 312. The second kappa shape index (κ2) is 3.98. The van der Waals surface area contributed by atoms with Gasteiger partial charge in [0.15, 0.2) is 0 Å². The minimum absolute atomic E-state index is 0.226. The summed E-state index contributed by atoms with van der Waals surface area (Å²) >= 11 is 0. The van der Waals surface area contributed by atoms with E-state index in [2.05, 4.69) is 17.6 Å². The zero-order valence-corrected chi connectivity index (χ0v) is 10.8. The average Bonchev–Trinajstić information content (AvgIpc) is 3.17. The van der Waals surface area contributed by atoms with Gasteiger partial charge in [-0.05, 0) is 69.7 Å². The van der Waals surface area contributed by atoms with Crippen LogP contribution in [0.2, 0.25) is 0 Å². The third kappa shape index (κ3) is 2.22. The zero-order chi connectivity index (χ0) is 11.9. The molecular weight excluding hydrogens is 212 g/mol. The fourth-order valence-corrected chi connectivity index (χ4v) is 3.29. The predicted molar refractivity (Wildman–Crippen MR) is 67.7 cm³/mol. The van der Waals surface area contributed by atoms with Crippen LogP contribution < -0.4 is 10.6 Å². The summed E-state index contributed by atoms with van der Waals surface area (Å²) in [6.45, 7) is 3.96. The summed E-state index contributed by atoms with van der Waals surface area (Å²) in [5.41, 5.74) is 0.207. The van der Waals surface area contributed by atoms with Gasteiger partial charge in [0.1, 0.15) is 0 Å². The third-order valence-electron chi connectivity index (χ3n) is 5.06. The van der Waals surface area contributed by atoms with E-state index in [4.69, 9.17) is 0 Å². The third-order valence-corrected chi connectivity index (χ3v) is 5.06. The van der Waals surface area contributed by atoms with E-state index in [1.165, 1.54) is 38.5 Å². The zero-order valence-electron chi connectivity index (χ0n) is 10.8. The highest BCUT2D eigenvalue weighted by Gasteiger charge is 2.53. The molecule has 0 aromatic rings. The van der Waals surface area contributed by atoms with Crippen molar-refractivity contribution in [1.82, 2.24) is 10.6 Å². The summed E-state index contributed by atoms with van der Waals surface area (Å²) in [5, 5.41) is 6.60. The van der Waals surface area contributed by atoms with Gasteiger partial charge in [-0.2, -0.15) is 0 Å². The lowest BCUT2D eigenvalue weighted by Crippen LogP contribution is -2.57. The van der Waals surface area contributed by atoms with Crippen LogP contribution >= 0.6 is 0 Å². The number of piperidine rings is 1. The van der Waals surface area contributed by atoms with Crippen LogP contribution in [0.3, 0.4) is 0 Å². The van der Waals surface area contributed by atoms with Crippen LogP contribution in [0.15, 0.2) is 0 Å². The Balaban J connectivity index is 1.52. The van der Waals surface area contributed by atoms with E-state index in [-0.39, 0.29) is 11.4 Å². The fourth-order valence-electron chi connectivity index (χ4n) is 3.29. The molecule has 2 N–H and O–H groups in total. The molecule has 3 fully saturated rings. The molecule has 3 heteroatoms. The normalized spacial score (nSPS) is 35.4. The highest BCUT2D eigenvalue weighted by Crippen LogP contribution is 2.60. The molecular formula is C14H24N2O. The highest BCUT2D eigenvalue weighted by atomic mass is 16.2. The van der Waals surface area contributed by atoms with Gasteiger partial charge in [-0.15, -0.1) is 0 Å². The molecule has 1 atom stereocenters. The maximum absolute atomic E-state index is 12.3. The van der Waals surface area contributed by atoms with Gasteiger partial charge in [-0.1, -0.05) is 0 Å². The van der Waals surface area contributed by atoms with Gasteiger partial charge >= 0.3 is 0 Å². The van der Waals surface area contributed by atoms with Crippen molar-refractivity contribution < 1.29 is 4.79 Å². The summed E-state index contributed by atoms with van der Waals surface area (Å²) in [6.07, 6.45) is 8.82. The van der Waals surface area contributed by atoms with Gasteiger partial charge in [-0.3, -0.25) is 4.79 Å². The van der Waals surface area contributed by atoms with Crippen molar-refractivity contribution in [2.24, 2.45) is 11.3 Å². The van der Waals surface area contributed by atoms with Crippen LogP contribution in [0.1, 0.15) is 51.9 Å². The minimum Gasteiger partial charge on any atom is -0.354 e. The number of hydrogen-bond acceptors (Lipinski definition) is 2. The molecule has 2 saturated carbocycles. The Hall–Kier alpha value is -0.570. The Labute approximate surface area is 104 Å². The van der Waals surface area contributed by atoms with E-state index in [0.717, 1.165) is 25.4 Å². The maximum Gasteiger partial charge on any atom is 0.240 e. The van der Waals surface area contributed by atoms with Gasteiger partial charge in [0, 0.05) is 6.54 Å². The standard InChI is InChI=1S/C14H24N2O/c1-13(6-2-3-9-16-13)12(17)15-10-14(7-8-14)11-4-5-11/h11,16H,2-10H2,1H3,(H,15,17). The Morgan fingerprint density at radius 2 is 2.06 bits per heavy atom. The molecule has 1 unspecified atom stereocenters. The van der Waals surface area contributed by atoms with Crippen molar-refractivity contribution in [2.75, 3.05) is 13.1 Å². The molecule has 96 valence electrons. The molecule has 3 aliphatic rings. The monoisotopic (exact) mass is 236 g/mol. The van der Waals surface area contributed by atoms with Crippen molar-refractivity contribution in [3.8, 4) is 0 Å². The van der Waals surface area contributed by atoms with Crippen LogP contribution in [0.25, 0.3) is 0 Å². The molecule has 0 bridgehead atoms. The summed E-state index contributed by atoms with van der Waals surface area (Å²) < 4.78 is 0. The van der Waals surface area contributed by atoms with Gasteiger partial charge in [0.2, 0.25) is 5.91 Å². The molecule has 2 aliphatic carbocycles. The maximum atomic E-state index is 12.3. The predicted octanol–water partition coefficient (Wildman–Crippen LogP) is 1.82.